The van der Waals surface area contributed by atoms with Gasteiger partial charge in [-0.15, -0.1) is 0 Å². The number of hydrogen-bond acceptors (Lipinski definition) is 7. The molecule has 0 radical (unpaired) electrons. The maximum Gasteiger partial charge on any atom is 0.266 e. The number of ether oxygens (including phenoxy) is 2. The molecule has 6 nitrogen and oxygen atoms in total. The van der Waals surface area contributed by atoms with Gasteiger partial charge in [-0.25, -0.2) is 4.98 Å². The molecule has 1 aromatic carbocycles. The Bertz CT molecular complexity index is 987. The van der Waals surface area contributed by atoms with Gasteiger partial charge in [-0.2, -0.15) is 0 Å². The number of pyridine rings is 1. The summed E-state index contributed by atoms with van der Waals surface area (Å²) in [5.74, 6) is 0.812. The Morgan fingerprint density at radius 1 is 1.34 bits per heavy atom. The summed E-state index contributed by atoms with van der Waals surface area (Å²) < 4.78 is 11.2. The van der Waals surface area contributed by atoms with Crippen LogP contribution in [0.1, 0.15) is 11.1 Å². The fourth-order valence-corrected chi connectivity index (χ4v) is 4.80. The second-order valence-corrected chi connectivity index (χ2v) is 8.65. The molecule has 0 spiro atoms. The van der Waals surface area contributed by atoms with E-state index in [9.17, 15) is 4.79 Å². The number of carbonyl (C=O) groups excluding carboxylic acids is 1. The summed E-state index contributed by atoms with van der Waals surface area (Å²) in [7, 11) is 1.62. The van der Waals surface area contributed by atoms with E-state index >= 15 is 0 Å². The Morgan fingerprint density at radius 3 is 2.90 bits per heavy atom. The lowest BCUT2D eigenvalue weighted by Crippen LogP contribution is -2.37. The van der Waals surface area contributed by atoms with Crippen LogP contribution in [0.15, 0.2) is 29.2 Å². The van der Waals surface area contributed by atoms with Crippen LogP contribution in [-0.2, 0) is 14.3 Å². The molecular formula is C21H23N3O3S2. The van der Waals surface area contributed by atoms with Crippen LogP contribution in [0.3, 0.4) is 0 Å². The zero-order valence-electron chi connectivity index (χ0n) is 16.5. The van der Waals surface area contributed by atoms with E-state index in [1.165, 1.54) is 11.8 Å². The summed E-state index contributed by atoms with van der Waals surface area (Å²) in [5, 5.41) is 1.06. The van der Waals surface area contributed by atoms with Gasteiger partial charge in [-0.1, -0.05) is 42.2 Å². The molecule has 2 aromatic rings. The zero-order chi connectivity index (χ0) is 20.4. The van der Waals surface area contributed by atoms with Gasteiger partial charge in [0.1, 0.15) is 10.1 Å². The van der Waals surface area contributed by atoms with Crippen molar-refractivity contribution < 1.29 is 14.3 Å². The van der Waals surface area contributed by atoms with Gasteiger partial charge in [0.05, 0.1) is 36.8 Å². The van der Waals surface area contributed by atoms with Crippen LogP contribution < -0.4 is 4.90 Å². The number of benzene rings is 1. The quantitative estimate of drug-likeness (QED) is 0.534. The first kappa shape index (κ1) is 20.3. The van der Waals surface area contributed by atoms with Crippen molar-refractivity contribution in [1.82, 2.24) is 9.88 Å². The number of aromatic nitrogens is 1. The average molecular weight is 430 g/mol. The van der Waals surface area contributed by atoms with Crippen molar-refractivity contribution in [2.24, 2.45) is 0 Å². The largest absolute Gasteiger partial charge is 0.383 e. The minimum absolute atomic E-state index is 0.0747. The molecule has 2 fully saturated rings. The highest BCUT2D eigenvalue weighted by Crippen LogP contribution is 2.35. The van der Waals surface area contributed by atoms with Crippen LogP contribution in [-0.4, -0.2) is 66.7 Å². The molecule has 0 bridgehead atoms. The van der Waals surface area contributed by atoms with E-state index in [4.69, 9.17) is 26.7 Å². The SMILES string of the molecule is COCCN1C(=O)/C(=C/c2cc3cccc(C)c3nc2N2CCOCC2)SC1=S. The molecule has 0 aliphatic carbocycles. The minimum Gasteiger partial charge on any atom is -0.383 e. The normalized spacial score (nSPS) is 19.0. The maximum atomic E-state index is 12.9. The second-order valence-electron chi connectivity index (χ2n) is 6.97. The van der Waals surface area contributed by atoms with Crippen LogP contribution in [0.4, 0.5) is 5.82 Å². The zero-order valence-corrected chi connectivity index (χ0v) is 18.1. The molecule has 0 saturated carbocycles. The Kier molecular flexibility index (Phi) is 6.15. The van der Waals surface area contributed by atoms with E-state index in [2.05, 4.69) is 30.0 Å². The lowest BCUT2D eigenvalue weighted by atomic mass is 10.1. The van der Waals surface area contributed by atoms with Crippen molar-refractivity contribution in [3.05, 3.63) is 40.3 Å². The molecule has 0 atom stereocenters. The third kappa shape index (κ3) is 4.16. The van der Waals surface area contributed by atoms with Crippen molar-refractivity contribution in [2.45, 2.75) is 6.92 Å². The van der Waals surface area contributed by atoms with Crippen molar-refractivity contribution in [1.29, 1.82) is 0 Å². The first-order valence-electron chi connectivity index (χ1n) is 9.56. The summed E-state index contributed by atoms with van der Waals surface area (Å²) >= 11 is 6.74. The summed E-state index contributed by atoms with van der Waals surface area (Å²) in [5.41, 5.74) is 3.05. The second kappa shape index (κ2) is 8.79. The standard InChI is InChI=1S/C21H23N3O3S2/c1-14-4-3-5-15-12-16(19(22-18(14)15)23-6-10-27-11-7-23)13-17-20(25)24(8-9-26-2)21(28)29-17/h3-5,12-13H,6-11H2,1-2H3/b17-13-. The van der Waals surface area contributed by atoms with Gasteiger partial charge in [0.25, 0.3) is 5.91 Å². The highest BCUT2D eigenvalue weighted by atomic mass is 32.2. The molecule has 8 heteroatoms. The number of anilines is 1. The molecule has 2 aliphatic rings. The lowest BCUT2D eigenvalue weighted by molar-refractivity contribution is -0.122. The lowest BCUT2D eigenvalue weighted by Gasteiger charge is -2.29. The molecule has 1 aromatic heterocycles. The smallest absolute Gasteiger partial charge is 0.266 e. The minimum atomic E-state index is -0.0747. The topological polar surface area (TPSA) is 54.9 Å². The molecule has 3 heterocycles. The number of morpholine rings is 1. The summed E-state index contributed by atoms with van der Waals surface area (Å²) in [6.45, 7) is 5.89. The first-order chi connectivity index (χ1) is 14.1. The molecule has 4 rings (SSSR count). The predicted octanol–water partition coefficient (Wildman–Crippen LogP) is 3.23. The molecule has 2 aliphatic heterocycles. The summed E-state index contributed by atoms with van der Waals surface area (Å²) in [4.78, 5) is 22.3. The summed E-state index contributed by atoms with van der Waals surface area (Å²) in [6.07, 6.45) is 1.92. The fraction of sp³-hybridized carbons (Fsp3) is 0.381. The van der Waals surface area contributed by atoms with E-state index in [0.717, 1.165) is 40.9 Å². The molecule has 29 heavy (non-hydrogen) atoms. The number of nitrogens with zero attached hydrogens (tertiary/aromatic N) is 3. The molecule has 0 unspecified atom stereocenters. The van der Waals surface area contributed by atoms with Gasteiger partial charge < -0.3 is 14.4 Å². The first-order valence-corrected chi connectivity index (χ1v) is 10.8. The third-order valence-electron chi connectivity index (χ3n) is 5.05. The molecule has 0 N–H and O–H groups in total. The number of fused-ring (bicyclic) bond motifs is 1. The van der Waals surface area contributed by atoms with Gasteiger partial charge >= 0.3 is 0 Å². The van der Waals surface area contributed by atoms with Crippen LogP contribution in [0.25, 0.3) is 17.0 Å². The monoisotopic (exact) mass is 429 g/mol. The third-order valence-corrected chi connectivity index (χ3v) is 6.42. The Hall–Kier alpha value is -2.00. The summed E-state index contributed by atoms with van der Waals surface area (Å²) in [6, 6.07) is 8.27. The number of rotatable bonds is 5. The van der Waals surface area contributed by atoms with Crippen LogP contribution in [0, 0.1) is 6.92 Å². The van der Waals surface area contributed by atoms with Crippen molar-refractivity contribution >= 4 is 57.0 Å². The number of thioether (sulfide) groups is 1. The number of amides is 1. The van der Waals surface area contributed by atoms with Gasteiger partial charge in [0, 0.05) is 31.1 Å². The highest BCUT2D eigenvalue weighted by molar-refractivity contribution is 8.26. The van der Waals surface area contributed by atoms with E-state index in [1.807, 2.05) is 12.1 Å². The van der Waals surface area contributed by atoms with Crippen LogP contribution >= 0.6 is 24.0 Å². The number of hydrogen-bond donors (Lipinski definition) is 0. The number of thiocarbonyl (C=S) groups is 1. The molecule has 2 saturated heterocycles. The van der Waals surface area contributed by atoms with E-state index in [1.54, 1.807) is 12.0 Å². The molecule has 152 valence electrons. The predicted molar refractivity (Wildman–Crippen MR) is 121 cm³/mol. The highest BCUT2D eigenvalue weighted by Gasteiger charge is 2.32. The number of para-hydroxylation sites is 1. The van der Waals surface area contributed by atoms with Crippen LogP contribution in [0.5, 0.6) is 0 Å². The Morgan fingerprint density at radius 2 is 2.14 bits per heavy atom. The van der Waals surface area contributed by atoms with Crippen molar-refractivity contribution in [3.8, 4) is 0 Å². The van der Waals surface area contributed by atoms with Gasteiger partial charge in [0.2, 0.25) is 0 Å². The van der Waals surface area contributed by atoms with E-state index in [-0.39, 0.29) is 5.91 Å². The Balaban J connectivity index is 1.76. The van der Waals surface area contributed by atoms with Gasteiger partial charge in [-0.05, 0) is 24.6 Å². The average Bonchev–Trinajstić information content (AvgIpc) is 2.99. The van der Waals surface area contributed by atoms with Gasteiger partial charge in [-0.3, -0.25) is 9.69 Å². The van der Waals surface area contributed by atoms with E-state index in [0.29, 0.717) is 35.6 Å². The molecular weight excluding hydrogens is 406 g/mol. The Labute approximate surface area is 179 Å². The van der Waals surface area contributed by atoms with E-state index < -0.39 is 0 Å². The van der Waals surface area contributed by atoms with Crippen molar-refractivity contribution in [2.75, 3.05) is 51.5 Å². The van der Waals surface area contributed by atoms with Crippen LogP contribution in [0.2, 0.25) is 0 Å². The number of aryl methyl sites for hydroxylation is 1. The maximum absolute atomic E-state index is 12.9. The van der Waals surface area contributed by atoms with Crippen molar-refractivity contribution in [3.63, 3.8) is 0 Å². The number of carbonyl (C=O) groups is 1. The van der Waals surface area contributed by atoms with Gasteiger partial charge in [0.15, 0.2) is 0 Å². The fourth-order valence-electron chi connectivity index (χ4n) is 3.50. The number of methoxy groups -OCH3 is 1. The molecule has 1 amide bonds.